The van der Waals surface area contributed by atoms with E-state index < -0.39 is 15.6 Å². The largest absolute Gasteiger partial charge is 0.371 e. The van der Waals surface area contributed by atoms with Crippen molar-refractivity contribution < 1.29 is 18.1 Å². The average Bonchev–Trinajstić information content (AvgIpc) is 2.29. The van der Waals surface area contributed by atoms with E-state index in [0.29, 0.717) is 8.26 Å². The van der Waals surface area contributed by atoms with E-state index in [2.05, 4.69) is 31.9 Å². The summed E-state index contributed by atoms with van der Waals surface area (Å²) >= 11 is 7.29. The van der Waals surface area contributed by atoms with Crippen LogP contribution in [0.2, 0.25) is 0 Å². The van der Waals surface area contributed by atoms with Crippen molar-refractivity contribution in [3.05, 3.63) is 19.2 Å². The van der Waals surface area contributed by atoms with Crippen LogP contribution in [0.5, 0.6) is 0 Å². The third-order valence-electron chi connectivity index (χ3n) is 1.19. The topological polar surface area (TPSA) is 74.6 Å². The van der Waals surface area contributed by atoms with Crippen molar-refractivity contribution in [3.8, 4) is 0 Å². The zero-order chi connectivity index (χ0) is 10.2. The van der Waals surface area contributed by atoms with Gasteiger partial charge in [-0.1, -0.05) is 0 Å². The van der Waals surface area contributed by atoms with Gasteiger partial charge in [-0.05, 0) is 37.9 Å². The molecule has 0 amide bonds. The van der Waals surface area contributed by atoms with Gasteiger partial charge in [0.15, 0.2) is 0 Å². The second-order valence-corrected chi connectivity index (χ2v) is 6.87. The molecule has 1 atom stereocenters. The summed E-state index contributed by atoms with van der Waals surface area (Å²) in [6, 6.07) is 1.42. The van der Waals surface area contributed by atoms with Gasteiger partial charge < -0.3 is 5.11 Å². The molecule has 2 N–H and O–H groups in total. The van der Waals surface area contributed by atoms with Crippen LogP contribution in [0.4, 0.5) is 0 Å². The lowest BCUT2D eigenvalue weighted by Gasteiger charge is -2.02. The van der Waals surface area contributed by atoms with Crippen LogP contribution in [-0.4, -0.2) is 18.1 Å². The average molecular weight is 352 g/mol. The van der Waals surface area contributed by atoms with Gasteiger partial charge in [-0.3, -0.25) is 4.55 Å². The van der Waals surface area contributed by atoms with E-state index in [1.54, 1.807) is 0 Å². The van der Waals surface area contributed by atoms with Gasteiger partial charge in [-0.25, -0.2) is 0 Å². The van der Waals surface area contributed by atoms with Crippen LogP contribution in [-0.2, 0) is 10.1 Å². The van der Waals surface area contributed by atoms with E-state index in [0.717, 1.165) is 11.3 Å². The van der Waals surface area contributed by atoms with Crippen LogP contribution in [0, 0.1) is 0 Å². The molecule has 8 heteroatoms. The van der Waals surface area contributed by atoms with Gasteiger partial charge in [-0.15, -0.1) is 11.3 Å². The van der Waals surface area contributed by atoms with Gasteiger partial charge in [-0.2, -0.15) is 8.42 Å². The fourth-order valence-corrected chi connectivity index (χ4v) is 3.46. The molecule has 13 heavy (non-hydrogen) atoms. The summed E-state index contributed by atoms with van der Waals surface area (Å²) in [5.74, 6) is 0. The number of rotatable bonds is 2. The molecule has 1 aromatic heterocycles. The van der Waals surface area contributed by atoms with Crippen LogP contribution < -0.4 is 0 Å². The first-order valence-electron chi connectivity index (χ1n) is 2.91. The number of hydrogen-bond donors (Lipinski definition) is 2. The molecule has 4 nitrogen and oxygen atoms in total. The lowest BCUT2D eigenvalue weighted by Crippen LogP contribution is -2.09. The molecular weight excluding hydrogens is 348 g/mol. The normalized spacial score (nSPS) is 14.5. The smallest absolute Gasteiger partial charge is 0.297 e. The molecule has 0 aliphatic heterocycles. The van der Waals surface area contributed by atoms with Crippen molar-refractivity contribution in [3.63, 3.8) is 0 Å². The highest BCUT2D eigenvalue weighted by Crippen LogP contribution is 2.36. The van der Waals surface area contributed by atoms with E-state index >= 15 is 0 Å². The van der Waals surface area contributed by atoms with Crippen molar-refractivity contribution in [2.75, 3.05) is 0 Å². The Morgan fingerprint density at radius 1 is 1.46 bits per heavy atom. The lowest BCUT2D eigenvalue weighted by molar-refractivity contribution is 0.242. The second-order valence-electron chi connectivity index (χ2n) is 2.14. The van der Waals surface area contributed by atoms with Crippen molar-refractivity contribution in [1.82, 2.24) is 0 Å². The molecule has 0 aliphatic carbocycles. The molecule has 0 radical (unpaired) electrons. The summed E-state index contributed by atoms with van der Waals surface area (Å²) in [6.07, 6.45) is 0. The maximum Gasteiger partial charge on any atom is 0.297 e. The molecule has 0 saturated carbocycles. The quantitative estimate of drug-likeness (QED) is 0.800. The predicted octanol–water partition coefficient (Wildman–Crippen LogP) is 2.15. The first kappa shape index (κ1) is 11.6. The Bertz CT molecular complexity index is 391. The molecule has 0 aromatic carbocycles. The summed E-state index contributed by atoms with van der Waals surface area (Å²) in [4.78, 5) is 0.154. The molecule has 0 spiro atoms. The van der Waals surface area contributed by atoms with Crippen LogP contribution >= 0.6 is 43.2 Å². The lowest BCUT2D eigenvalue weighted by atomic mass is 10.5. The zero-order valence-electron chi connectivity index (χ0n) is 5.94. The van der Waals surface area contributed by atoms with Crippen molar-refractivity contribution in [1.29, 1.82) is 0 Å². The van der Waals surface area contributed by atoms with Gasteiger partial charge in [0.05, 0.1) is 8.66 Å². The maximum absolute atomic E-state index is 10.5. The molecule has 0 bridgehead atoms. The van der Waals surface area contributed by atoms with Crippen molar-refractivity contribution in [2.45, 2.75) is 5.44 Å². The predicted molar refractivity (Wildman–Crippen MR) is 56.2 cm³/mol. The van der Waals surface area contributed by atoms with Gasteiger partial charge >= 0.3 is 0 Å². The van der Waals surface area contributed by atoms with Gasteiger partial charge in [0.1, 0.15) is 0 Å². The van der Waals surface area contributed by atoms with E-state index in [1.807, 2.05) is 0 Å². The molecule has 1 heterocycles. The van der Waals surface area contributed by atoms with Crippen LogP contribution in [0.1, 0.15) is 10.3 Å². The summed E-state index contributed by atoms with van der Waals surface area (Å²) in [5.41, 5.74) is -1.87. The minimum absolute atomic E-state index is 0.154. The van der Waals surface area contributed by atoms with Crippen LogP contribution in [0.3, 0.4) is 0 Å². The summed E-state index contributed by atoms with van der Waals surface area (Å²) < 4.78 is 30.9. The number of hydrogen-bond acceptors (Lipinski definition) is 4. The number of aliphatic hydroxyl groups excluding tert-OH is 1. The number of thiophene rings is 1. The Morgan fingerprint density at radius 3 is 2.31 bits per heavy atom. The molecule has 1 unspecified atom stereocenters. The minimum Gasteiger partial charge on any atom is -0.371 e. The van der Waals surface area contributed by atoms with Gasteiger partial charge in [0.2, 0.25) is 5.44 Å². The third-order valence-corrected chi connectivity index (χ3v) is 5.47. The molecule has 74 valence electrons. The molecule has 1 rings (SSSR count). The first-order chi connectivity index (χ1) is 5.82. The fraction of sp³-hybridized carbons (Fsp3) is 0.200. The SMILES string of the molecule is O=S(=O)(O)C(O)c1cc(Br)c(Br)s1. The highest BCUT2D eigenvalue weighted by Gasteiger charge is 2.24. The van der Waals surface area contributed by atoms with Gasteiger partial charge in [0, 0.05) is 4.47 Å². The van der Waals surface area contributed by atoms with Gasteiger partial charge in [0.25, 0.3) is 10.1 Å². The van der Waals surface area contributed by atoms with Crippen molar-refractivity contribution in [2.24, 2.45) is 0 Å². The highest BCUT2D eigenvalue weighted by molar-refractivity contribution is 9.13. The van der Waals surface area contributed by atoms with E-state index in [9.17, 15) is 8.42 Å². The second kappa shape index (κ2) is 3.95. The number of halogens is 2. The van der Waals surface area contributed by atoms with Crippen LogP contribution in [0.25, 0.3) is 0 Å². The Morgan fingerprint density at radius 2 is 2.00 bits per heavy atom. The first-order valence-corrected chi connectivity index (χ1v) is 6.82. The third kappa shape index (κ3) is 2.74. The Labute approximate surface area is 95.6 Å². The Hall–Kier alpha value is 0.530. The minimum atomic E-state index is -4.43. The summed E-state index contributed by atoms with van der Waals surface area (Å²) in [6.45, 7) is 0. The highest BCUT2D eigenvalue weighted by atomic mass is 79.9. The molecule has 0 aliphatic rings. The maximum atomic E-state index is 10.5. The molecule has 0 saturated heterocycles. The fourth-order valence-electron chi connectivity index (χ4n) is 0.632. The Balaban J connectivity index is 3.10. The standard InChI is InChI=1S/C5H4Br2O4S2/c6-2-1-3(12-4(2)7)5(8)13(9,10)11/h1,5,8H,(H,9,10,11). The van der Waals surface area contributed by atoms with E-state index in [1.165, 1.54) is 6.07 Å². The van der Waals surface area contributed by atoms with E-state index in [-0.39, 0.29) is 4.88 Å². The molecule has 0 fully saturated rings. The van der Waals surface area contributed by atoms with E-state index in [4.69, 9.17) is 9.66 Å². The summed E-state index contributed by atoms with van der Waals surface area (Å²) in [5, 5.41) is 9.13. The van der Waals surface area contributed by atoms with Crippen molar-refractivity contribution >= 4 is 53.3 Å². The number of aliphatic hydroxyl groups is 1. The molecular formula is C5H4Br2O4S2. The van der Waals surface area contributed by atoms with Crippen LogP contribution in [0.15, 0.2) is 14.3 Å². The zero-order valence-corrected chi connectivity index (χ0v) is 10.7. The molecule has 1 aromatic rings. The Kier molecular flexibility index (Phi) is 3.53. The monoisotopic (exact) mass is 350 g/mol. The summed E-state index contributed by atoms with van der Waals surface area (Å²) in [7, 11) is -4.43.